The van der Waals surface area contributed by atoms with Crippen molar-refractivity contribution in [1.82, 2.24) is 4.98 Å². The van der Waals surface area contributed by atoms with Crippen molar-refractivity contribution in [2.24, 2.45) is 0 Å². The summed E-state index contributed by atoms with van der Waals surface area (Å²) in [6.07, 6.45) is 3.73. The first-order valence-corrected chi connectivity index (χ1v) is 6.47. The topological polar surface area (TPSA) is 36.4 Å². The third kappa shape index (κ3) is 2.06. The van der Waals surface area contributed by atoms with Crippen LogP contribution in [0.5, 0.6) is 0 Å². The van der Waals surface area contributed by atoms with Crippen LogP contribution in [0.1, 0.15) is 19.8 Å². The molecule has 1 unspecified atom stereocenters. The summed E-state index contributed by atoms with van der Waals surface area (Å²) in [4.78, 5) is 6.71. The zero-order valence-electron chi connectivity index (χ0n) is 10.6. The molecule has 1 fully saturated rings. The van der Waals surface area contributed by atoms with E-state index in [9.17, 15) is 5.11 Å². The van der Waals surface area contributed by atoms with Gasteiger partial charge in [-0.1, -0.05) is 24.3 Å². The smallest absolute Gasteiger partial charge is 0.136 e. The number of benzene rings is 1. The number of fused-ring (bicyclic) bond motifs is 1. The standard InChI is InChI=1S/C15H18N2O/c1-15(18)8-4-10-17(11-15)14-13-6-3-2-5-12(13)7-9-16-14/h2-3,5-7,9,18H,4,8,10-11H2,1H3. The molecule has 0 aliphatic carbocycles. The molecule has 1 aromatic carbocycles. The Bertz CT molecular complexity index is 560. The van der Waals surface area contributed by atoms with Gasteiger partial charge in [0.2, 0.25) is 0 Å². The second kappa shape index (κ2) is 4.25. The van der Waals surface area contributed by atoms with Gasteiger partial charge in [0.15, 0.2) is 0 Å². The van der Waals surface area contributed by atoms with Gasteiger partial charge in [-0.05, 0) is 31.2 Å². The van der Waals surface area contributed by atoms with Crippen molar-refractivity contribution in [3.05, 3.63) is 36.5 Å². The van der Waals surface area contributed by atoms with E-state index in [4.69, 9.17) is 0 Å². The predicted octanol–water partition coefficient (Wildman–Crippen LogP) is 2.59. The van der Waals surface area contributed by atoms with E-state index in [0.717, 1.165) is 30.6 Å². The first-order chi connectivity index (χ1) is 8.66. The normalized spacial score (nSPS) is 24.4. The SMILES string of the molecule is CC1(O)CCCN(c2nccc3ccccc23)C1. The van der Waals surface area contributed by atoms with E-state index in [-0.39, 0.29) is 0 Å². The van der Waals surface area contributed by atoms with E-state index >= 15 is 0 Å². The van der Waals surface area contributed by atoms with Crippen molar-refractivity contribution in [3.63, 3.8) is 0 Å². The molecule has 3 heteroatoms. The molecule has 2 aromatic rings. The fourth-order valence-corrected chi connectivity index (χ4v) is 2.76. The Kier molecular flexibility index (Phi) is 2.71. The number of hydrogen-bond acceptors (Lipinski definition) is 3. The highest BCUT2D eigenvalue weighted by atomic mass is 16.3. The monoisotopic (exact) mass is 242 g/mol. The van der Waals surface area contributed by atoms with E-state index < -0.39 is 5.60 Å². The number of aliphatic hydroxyl groups is 1. The molecule has 1 aliphatic heterocycles. The van der Waals surface area contributed by atoms with E-state index in [1.54, 1.807) is 0 Å². The number of nitrogens with zero attached hydrogens (tertiary/aromatic N) is 2. The van der Waals surface area contributed by atoms with Crippen LogP contribution < -0.4 is 4.90 Å². The van der Waals surface area contributed by atoms with E-state index in [2.05, 4.69) is 22.0 Å². The molecule has 1 saturated heterocycles. The number of β-amino-alcohol motifs (C(OH)–C–C–N with tert-alkyl or cyclic N) is 1. The lowest BCUT2D eigenvalue weighted by atomic mass is 9.95. The van der Waals surface area contributed by atoms with Gasteiger partial charge in [-0.25, -0.2) is 4.98 Å². The quantitative estimate of drug-likeness (QED) is 0.835. The van der Waals surface area contributed by atoms with Crippen LogP contribution in [-0.4, -0.2) is 28.8 Å². The first-order valence-electron chi connectivity index (χ1n) is 6.47. The minimum Gasteiger partial charge on any atom is -0.388 e. The summed E-state index contributed by atoms with van der Waals surface area (Å²) in [5.41, 5.74) is -0.600. The molecule has 94 valence electrons. The average molecular weight is 242 g/mol. The number of hydrogen-bond donors (Lipinski definition) is 1. The molecule has 1 aliphatic rings. The maximum atomic E-state index is 10.2. The number of aromatic nitrogens is 1. The highest BCUT2D eigenvalue weighted by Crippen LogP contribution is 2.29. The molecule has 0 spiro atoms. The fraction of sp³-hybridized carbons (Fsp3) is 0.400. The molecule has 0 bridgehead atoms. The lowest BCUT2D eigenvalue weighted by Gasteiger charge is -2.37. The van der Waals surface area contributed by atoms with Crippen LogP contribution in [0.15, 0.2) is 36.5 Å². The molecule has 1 atom stereocenters. The predicted molar refractivity (Wildman–Crippen MR) is 73.8 cm³/mol. The molecule has 18 heavy (non-hydrogen) atoms. The van der Waals surface area contributed by atoms with Crippen molar-refractivity contribution >= 4 is 16.6 Å². The van der Waals surface area contributed by atoms with Crippen molar-refractivity contribution in [2.45, 2.75) is 25.4 Å². The number of rotatable bonds is 1. The highest BCUT2D eigenvalue weighted by molar-refractivity contribution is 5.92. The van der Waals surface area contributed by atoms with Gasteiger partial charge in [0.1, 0.15) is 5.82 Å². The second-order valence-corrected chi connectivity index (χ2v) is 5.38. The Balaban J connectivity index is 2.04. The number of piperidine rings is 1. The van der Waals surface area contributed by atoms with Crippen LogP contribution in [0, 0.1) is 0 Å². The zero-order chi connectivity index (χ0) is 12.6. The van der Waals surface area contributed by atoms with Crippen LogP contribution in [-0.2, 0) is 0 Å². The summed E-state index contributed by atoms with van der Waals surface area (Å²) in [7, 11) is 0. The molecule has 0 amide bonds. The van der Waals surface area contributed by atoms with Crippen LogP contribution in [0.25, 0.3) is 10.8 Å². The Hall–Kier alpha value is -1.61. The summed E-state index contributed by atoms with van der Waals surface area (Å²) in [5.74, 6) is 0.994. The summed E-state index contributed by atoms with van der Waals surface area (Å²) in [5, 5.41) is 12.6. The largest absolute Gasteiger partial charge is 0.388 e. The summed E-state index contributed by atoms with van der Waals surface area (Å²) in [6, 6.07) is 10.3. The van der Waals surface area contributed by atoms with Gasteiger partial charge in [-0.2, -0.15) is 0 Å². The van der Waals surface area contributed by atoms with Crippen molar-refractivity contribution in [3.8, 4) is 0 Å². The minimum atomic E-state index is -0.600. The van der Waals surface area contributed by atoms with E-state index in [1.165, 1.54) is 5.39 Å². The van der Waals surface area contributed by atoms with Gasteiger partial charge in [0.05, 0.1) is 5.60 Å². The third-order valence-corrected chi connectivity index (χ3v) is 3.63. The van der Waals surface area contributed by atoms with Gasteiger partial charge in [-0.15, -0.1) is 0 Å². The van der Waals surface area contributed by atoms with E-state index in [0.29, 0.717) is 6.54 Å². The third-order valence-electron chi connectivity index (χ3n) is 3.63. The van der Waals surface area contributed by atoms with Crippen molar-refractivity contribution in [1.29, 1.82) is 0 Å². The van der Waals surface area contributed by atoms with Gasteiger partial charge in [0.25, 0.3) is 0 Å². The number of pyridine rings is 1. The summed E-state index contributed by atoms with van der Waals surface area (Å²) < 4.78 is 0. The van der Waals surface area contributed by atoms with Crippen LogP contribution in [0.2, 0.25) is 0 Å². The highest BCUT2D eigenvalue weighted by Gasteiger charge is 2.29. The van der Waals surface area contributed by atoms with Crippen molar-refractivity contribution < 1.29 is 5.11 Å². The molecule has 3 rings (SSSR count). The Labute approximate surface area is 107 Å². The molecule has 0 saturated carbocycles. The van der Waals surface area contributed by atoms with Crippen LogP contribution >= 0.6 is 0 Å². The van der Waals surface area contributed by atoms with Crippen LogP contribution in [0.4, 0.5) is 5.82 Å². The van der Waals surface area contributed by atoms with Gasteiger partial charge >= 0.3 is 0 Å². The second-order valence-electron chi connectivity index (χ2n) is 5.38. The first kappa shape index (κ1) is 11.5. The molecule has 1 aromatic heterocycles. The maximum Gasteiger partial charge on any atom is 0.136 e. The lowest BCUT2D eigenvalue weighted by molar-refractivity contribution is 0.0448. The number of anilines is 1. The van der Waals surface area contributed by atoms with Gasteiger partial charge in [0, 0.05) is 24.7 Å². The Morgan fingerprint density at radius 3 is 2.94 bits per heavy atom. The molecule has 1 N–H and O–H groups in total. The van der Waals surface area contributed by atoms with Gasteiger partial charge < -0.3 is 10.0 Å². The minimum absolute atomic E-state index is 0.600. The fourth-order valence-electron chi connectivity index (χ4n) is 2.76. The molecule has 0 radical (unpaired) electrons. The molecular formula is C15H18N2O. The Morgan fingerprint density at radius 2 is 2.11 bits per heavy atom. The molecular weight excluding hydrogens is 224 g/mol. The van der Waals surface area contributed by atoms with Gasteiger partial charge in [-0.3, -0.25) is 0 Å². The zero-order valence-corrected chi connectivity index (χ0v) is 10.6. The Morgan fingerprint density at radius 1 is 1.28 bits per heavy atom. The lowest BCUT2D eigenvalue weighted by Crippen LogP contribution is -2.46. The maximum absolute atomic E-state index is 10.2. The molecule has 3 nitrogen and oxygen atoms in total. The van der Waals surface area contributed by atoms with Crippen molar-refractivity contribution in [2.75, 3.05) is 18.0 Å². The molecule has 2 heterocycles. The van der Waals surface area contributed by atoms with E-state index in [1.807, 2.05) is 31.3 Å². The summed E-state index contributed by atoms with van der Waals surface area (Å²) >= 11 is 0. The van der Waals surface area contributed by atoms with Crippen LogP contribution in [0.3, 0.4) is 0 Å². The summed E-state index contributed by atoms with van der Waals surface area (Å²) in [6.45, 7) is 3.54. The average Bonchev–Trinajstić information content (AvgIpc) is 2.37.